The highest BCUT2D eigenvalue weighted by molar-refractivity contribution is 5.97. The molecule has 6 nitrogen and oxygen atoms in total. The summed E-state index contributed by atoms with van der Waals surface area (Å²) in [5.41, 5.74) is 1.33. The zero-order valence-corrected chi connectivity index (χ0v) is 10.5. The maximum Gasteiger partial charge on any atom is 0.306 e. The largest absolute Gasteiger partial charge is 0.481 e. The number of rotatable bonds is 5. The molecule has 1 unspecified atom stereocenters. The van der Waals surface area contributed by atoms with Gasteiger partial charge in [0.1, 0.15) is 0 Å². The fourth-order valence-corrected chi connectivity index (χ4v) is 1.71. The summed E-state index contributed by atoms with van der Waals surface area (Å²) in [5, 5.41) is 19.1. The third-order valence-electron chi connectivity index (χ3n) is 2.99. The minimum Gasteiger partial charge on any atom is -0.481 e. The smallest absolute Gasteiger partial charge is 0.306 e. The zero-order valence-electron chi connectivity index (χ0n) is 10.5. The Bertz CT molecular complexity index is 606. The Kier molecular flexibility index (Phi) is 3.79. The van der Waals surface area contributed by atoms with Crippen LogP contribution in [0.25, 0.3) is 10.9 Å². The average molecular weight is 261 g/mol. The molecule has 1 heterocycles. The topological polar surface area (TPSA) is 95.1 Å². The lowest BCUT2D eigenvalue weighted by Crippen LogP contribution is -2.27. The summed E-state index contributed by atoms with van der Waals surface area (Å²) in [6.07, 6.45) is 2.10. The summed E-state index contributed by atoms with van der Waals surface area (Å²) in [6.45, 7) is 1.96. The van der Waals surface area contributed by atoms with Gasteiger partial charge in [-0.15, -0.1) is 0 Å². The van der Waals surface area contributed by atoms with Gasteiger partial charge in [-0.25, -0.2) is 0 Å². The molecule has 0 fully saturated rings. The van der Waals surface area contributed by atoms with Crippen LogP contribution in [-0.2, 0) is 4.79 Å². The van der Waals surface area contributed by atoms with Gasteiger partial charge in [-0.1, -0.05) is 13.0 Å². The van der Waals surface area contributed by atoms with Gasteiger partial charge in [0, 0.05) is 17.5 Å². The van der Waals surface area contributed by atoms with Crippen LogP contribution in [-0.4, -0.2) is 33.7 Å². The van der Waals surface area contributed by atoms with E-state index in [2.05, 4.69) is 15.5 Å². The van der Waals surface area contributed by atoms with Crippen molar-refractivity contribution in [3.63, 3.8) is 0 Å². The molecule has 0 spiro atoms. The lowest BCUT2D eigenvalue weighted by molar-refractivity contribution is -0.141. The van der Waals surface area contributed by atoms with Crippen LogP contribution in [0.5, 0.6) is 0 Å². The van der Waals surface area contributed by atoms with E-state index in [0.717, 1.165) is 10.9 Å². The first kappa shape index (κ1) is 13.1. The number of aromatic amines is 1. The summed E-state index contributed by atoms with van der Waals surface area (Å²) >= 11 is 0. The van der Waals surface area contributed by atoms with E-state index >= 15 is 0 Å². The molecule has 3 N–H and O–H groups in total. The van der Waals surface area contributed by atoms with Crippen molar-refractivity contribution in [3.05, 3.63) is 30.0 Å². The number of amides is 1. The molecule has 0 radical (unpaired) electrons. The number of carboxylic acids is 1. The number of hydrogen-bond acceptors (Lipinski definition) is 3. The van der Waals surface area contributed by atoms with Gasteiger partial charge >= 0.3 is 5.97 Å². The predicted octanol–water partition coefficient (Wildman–Crippen LogP) is 1.40. The monoisotopic (exact) mass is 261 g/mol. The van der Waals surface area contributed by atoms with Gasteiger partial charge in [-0.2, -0.15) is 5.10 Å². The Morgan fingerprint density at radius 2 is 2.26 bits per heavy atom. The molecule has 1 aromatic carbocycles. The SMILES string of the molecule is CC(CCNC(=O)c1ccc2cn[nH]c2c1)C(=O)O. The summed E-state index contributed by atoms with van der Waals surface area (Å²) < 4.78 is 0. The van der Waals surface area contributed by atoms with E-state index in [0.29, 0.717) is 18.5 Å². The Balaban J connectivity index is 1.94. The van der Waals surface area contributed by atoms with Crippen molar-refractivity contribution < 1.29 is 14.7 Å². The number of aromatic nitrogens is 2. The Morgan fingerprint density at radius 3 is 3.00 bits per heavy atom. The Hall–Kier alpha value is -2.37. The van der Waals surface area contributed by atoms with Gasteiger partial charge in [0.2, 0.25) is 0 Å². The van der Waals surface area contributed by atoms with Crippen molar-refractivity contribution in [2.24, 2.45) is 5.92 Å². The van der Waals surface area contributed by atoms with Crippen LogP contribution in [0.15, 0.2) is 24.4 Å². The number of H-pyrrole nitrogens is 1. The van der Waals surface area contributed by atoms with Crippen molar-refractivity contribution in [1.29, 1.82) is 0 Å². The molecule has 0 aliphatic rings. The van der Waals surface area contributed by atoms with E-state index < -0.39 is 11.9 Å². The summed E-state index contributed by atoms with van der Waals surface area (Å²) in [6, 6.07) is 5.25. The molecule has 0 saturated carbocycles. The number of carbonyl (C=O) groups is 2. The number of nitrogens with one attached hydrogen (secondary N) is 2. The summed E-state index contributed by atoms with van der Waals surface area (Å²) in [5.74, 6) is -1.53. The van der Waals surface area contributed by atoms with E-state index in [1.807, 2.05) is 6.07 Å². The standard InChI is InChI=1S/C13H15N3O3/c1-8(13(18)19)4-5-14-12(17)9-2-3-10-7-15-16-11(10)6-9/h2-3,6-8H,4-5H2,1H3,(H,14,17)(H,15,16)(H,18,19). The first-order valence-electron chi connectivity index (χ1n) is 6.02. The molecule has 0 aliphatic heterocycles. The van der Waals surface area contributed by atoms with E-state index in [-0.39, 0.29) is 5.91 Å². The number of carboxylic acid groups (broad SMARTS) is 1. The molecular weight excluding hydrogens is 246 g/mol. The maximum atomic E-state index is 11.9. The van der Waals surface area contributed by atoms with Crippen LogP contribution < -0.4 is 5.32 Å². The minimum atomic E-state index is -0.854. The lowest BCUT2D eigenvalue weighted by atomic mass is 10.1. The molecule has 6 heteroatoms. The third-order valence-corrected chi connectivity index (χ3v) is 2.99. The molecule has 0 bridgehead atoms. The van der Waals surface area contributed by atoms with Crippen molar-refractivity contribution in [2.45, 2.75) is 13.3 Å². The highest BCUT2D eigenvalue weighted by atomic mass is 16.4. The molecule has 2 aromatic rings. The van der Waals surface area contributed by atoms with Crippen molar-refractivity contribution in [3.8, 4) is 0 Å². The van der Waals surface area contributed by atoms with Crippen LogP contribution in [0.1, 0.15) is 23.7 Å². The van der Waals surface area contributed by atoms with Gasteiger partial charge in [0.05, 0.1) is 17.6 Å². The first-order chi connectivity index (χ1) is 9.08. The van der Waals surface area contributed by atoms with Crippen LogP contribution in [0, 0.1) is 5.92 Å². The number of nitrogens with zero attached hydrogens (tertiary/aromatic N) is 1. The van der Waals surface area contributed by atoms with Crippen LogP contribution in [0.3, 0.4) is 0 Å². The Labute approximate surface area is 109 Å². The van der Waals surface area contributed by atoms with Gasteiger partial charge in [-0.3, -0.25) is 14.7 Å². The molecule has 0 aliphatic carbocycles. The highest BCUT2D eigenvalue weighted by Gasteiger charge is 2.12. The van der Waals surface area contributed by atoms with Crippen molar-refractivity contribution in [1.82, 2.24) is 15.5 Å². The molecule has 100 valence electrons. The van der Waals surface area contributed by atoms with Gasteiger partial charge < -0.3 is 10.4 Å². The second-order valence-corrected chi connectivity index (χ2v) is 4.46. The number of carbonyl (C=O) groups excluding carboxylic acids is 1. The minimum absolute atomic E-state index is 0.214. The van der Waals surface area contributed by atoms with Gasteiger partial charge in [0.15, 0.2) is 0 Å². The van der Waals surface area contributed by atoms with Crippen LogP contribution in [0.4, 0.5) is 0 Å². The third kappa shape index (κ3) is 3.09. The molecule has 1 aromatic heterocycles. The number of aliphatic carboxylic acids is 1. The Morgan fingerprint density at radius 1 is 1.47 bits per heavy atom. The fourth-order valence-electron chi connectivity index (χ4n) is 1.71. The zero-order chi connectivity index (χ0) is 13.8. The molecule has 19 heavy (non-hydrogen) atoms. The average Bonchev–Trinajstić information content (AvgIpc) is 2.85. The number of fused-ring (bicyclic) bond motifs is 1. The van der Waals surface area contributed by atoms with E-state index in [1.54, 1.807) is 25.3 Å². The normalized spacial score (nSPS) is 12.3. The van der Waals surface area contributed by atoms with Gasteiger partial charge in [0.25, 0.3) is 5.91 Å². The van der Waals surface area contributed by atoms with Gasteiger partial charge in [-0.05, 0) is 18.6 Å². The summed E-state index contributed by atoms with van der Waals surface area (Å²) in [4.78, 5) is 22.5. The van der Waals surface area contributed by atoms with Crippen LogP contribution >= 0.6 is 0 Å². The lowest BCUT2D eigenvalue weighted by Gasteiger charge is -2.07. The highest BCUT2D eigenvalue weighted by Crippen LogP contribution is 2.12. The fraction of sp³-hybridized carbons (Fsp3) is 0.308. The van der Waals surface area contributed by atoms with Crippen LogP contribution in [0.2, 0.25) is 0 Å². The number of hydrogen-bond donors (Lipinski definition) is 3. The quantitative estimate of drug-likeness (QED) is 0.758. The van der Waals surface area contributed by atoms with E-state index in [9.17, 15) is 9.59 Å². The van der Waals surface area contributed by atoms with E-state index in [4.69, 9.17) is 5.11 Å². The molecule has 2 rings (SSSR count). The molecular formula is C13H15N3O3. The predicted molar refractivity (Wildman–Crippen MR) is 69.8 cm³/mol. The molecule has 0 saturated heterocycles. The van der Waals surface area contributed by atoms with Crippen molar-refractivity contribution in [2.75, 3.05) is 6.54 Å². The maximum absolute atomic E-state index is 11.9. The molecule has 1 atom stereocenters. The summed E-state index contributed by atoms with van der Waals surface area (Å²) in [7, 11) is 0. The first-order valence-corrected chi connectivity index (χ1v) is 6.02. The molecule has 1 amide bonds. The van der Waals surface area contributed by atoms with Crippen molar-refractivity contribution >= 4 is 22.8 Å². The second kappa shape index (κ2) is 5.51. The van der Waals surface area contributed by atoms with E-state index in [1.165, 1.54) is 0 Å². The number of benzene rings is 1. The second-order valence-electron chi connectivity index (χ2n) is 4.46.